The third-order valence-corrected chi connectivity index (χ3v) is 6.73. The Morgan fingerprint density at radius 3 is 2.25 bits per heavy atom. The predicted octanol–water partition coefficient (Wildman–Crippen LogP) is 5.91. The summed E-state index contributed by atoms with van der Waals surface area (Å²) in [5.41, 5.74) is 2.48. The molecule has 186 valence electrons. The Morgan fingerprint density at radius 1 is 1.03 bits per heavy atom. The molecular weight excluding hydrogens is 501 g/mol. The van der Waals surface area contributed by atoms with E-state index >= 15 is 0 Å². The molecule has 4 rings (SSSR count). The number of amides is 2. The molecular formula is C28H25Cl2NO5. The second-order valence-electron chi connectivity index (χ2n) is 8.57. The Kier molecular flexibility index (Phi) is 8.62. The predicted molar refractivity (Wildman–Crippen MR) is 137 cm³/mol. The smallest absolute Gasteiger partial charge is 0.416 e. The van der Waals surface area contributed by atoms with E-state index in [0.29, 0.717) is 40.7 Å². The van der Waals surface area contributed by atoms with Gasteiger partial charge in [0.15, 0.2) is 0 Å². The molecule has 0 radical (unpaired) electrons. The van der Waals surface area contributed by atoms with E-state index in [4.69, 9.17) is 32.7 Å². The molecule has 1 heterocycles. The van der Waals surface area contributed by atoms with Gasteiger partial charge in [-0.25, -0.2) is 9.69 Å². The fourth-order valence-corrected chi connectivity index (χ4v) is 4.82. The molecule has 36 heavy (non-hydrogen) atoms. The highest BCUT2D eigenvalue weighted by atomic mass is 35.5. The van der Waals surface area contributed by atoms with Crippen LogP contribution in [0.15, 0.2) is 72.8 Å². The van der Waals surface area contributed by atoms with Crippen LogP contribution in [0.5, 0.6) is 5.75 Å². The normalized spacial score (nSPS) is 15.9. The third kappa shape index (κ3) is 6.25. The number of nitrogens with zero attached hydrogens (tertiary/aromatic N) is 1. The lowest BCUT2D eigenvalue weighted by molar-refractivity contribution is -0.134. The monoisotopic (exact) mass is 525 g/mol. The highest BCUT2D eigenvalue weighted by Crippen LogP contribution is 2.34. The van der Waals surface area contributed by atoms with Crippen LogP contribution in [0.25, 0.3) is 0 Å². The van der Waals surface area contributed by atoms with Crippen LogP contribution in [0.4, 0.5) is 4.79 Å². The number of hydrogen-bond acceptors (Lipinski definition) is 5. The first-order valence-electron chi connectivity index (χ1n) is 11.6. The fourth-order valence-electron chi connectivity index (χ4n) is 4.20. The van der Waals surface area contributed by atoms with Crippen molar-refractivity contribution in [1.29, 1.82) is 0 Å². The highest BCUT2D eigenvalue weighted by Gasteiger charge is 2.41. The summed E-state index contributed by atoms with van der Waals surface area (Å²) in [7, 11) is 0. The summed E-state index contributed by atoms with van der Waals surface area (Å²) in [5, 5.41) is 0.637. The van der Waals surface area contributed by atoms with Crippen molar-refractivity contribution in [2.75, 3.05) is 6.61 Å². The standard InChI is InChI=1S/C28H25Cl2NO5/c29-25-15-23(35-17-20-9-5-2-6-10-20)16-26(30)24(25)14-21(11-12-32)27(33)31-22(18-36-28(31)34)13-19-7-3-1-4-8-19/h1-10,12,15-16,21-22H,11,13-14,17-18H2. The number of aldehydes is 1. The van der Waals surface area contributed by atoms with Gasteiger partial charge in [0.1, 0.15) is 25.2 Å². The first-order valence-corrected chi connectivity index (χ1v) is 12.3. The molecule has 8 heteroatoms. The van der Waals surface area contributed by atoms with Gasteiger partial charge in [0.05, 0.1) is 6.04 Å². The molecule has 6 nitrogen and oxygen atoms in total. The summed E-state index contributed by atoms with van der Waals surface area (Å²) in [6.07, 6.45) is 0.421. The number of rotatable bonds is 10. The van der Waals surface area contributed by atoms with Crippen LogP contribution in [0.2, 0.25) is 10.0 Å². The average Bonchev–Trinajstić information content (AvgIpc) is 3.24. The van der Waals surface area contributed by atoms with E-state index in [1.807, 2.05) is 60.7 Å². The summed E-state index contributed by atoms with van der Waals surface area (Å²) in [6.45, 7) is 0.446. The molecule has 2 amide bonds. The van der Waals surface area contributed by atoms with Crippen LogP contribution in [0.3, 0.4) is 0 Å². The maximum absolute atomic E-state index is 13.5. The molecule has 1 saturated heterocycles. The van der Waals surface area contributed by atoms with Crippen molar-refractivity contribution in [3.8, 4) is 5.75 Å². The molecule has 0 N–H and O–H groups in total. The lowest BCUT2D eigenvalue weighted by Gasteiger charge is -2.25. The van der Waals surface area contributed by atoms with E-state index in [0.717, 1.165) is 16.0 Å². The summed E-state index contributed by atoms with van der Waals surface area (Å²) >= 11 is 13.0. The lowest BCUT2D eigenvalue weighted by Crippen LogP contribution is -2.44. The summed E-state index contributed by atoms with van der Waals surface area (Å²) in [5.74, 6) is -0.818. The van der Waals surface area contributed by atoms with Gasteiger partial charge in [0.2, 0.25) is 5.91 Å². The zero-order chi connectivity index (χ0) is 25.5. The van der Waals surface area contributed by atoms with Gasteiger partial charge in [-0.15, -0.1) is 0 Å². The fraction of sp³-hybridized carbons (Fsp3) is 0.250. The van der Waals surface area contributed by atoms with E-state index in [9.17, 15) is 14.4 Å². The maximum atomic E-state index is 13.5. The molecule has 1 aliphatic heterocycles. The van der Waals surface area contributed by atoms with E-state index in [1.54, 1.807) is 12.1 Å². The number of benzene rings is 3. The second kappa shape index (κ2) is 12.1. The van der Waals surface area contributed by atoms with Crippen molar-refractivity contribution in [3.05, 3.63) is 99.5 Å². The van der Waals surface area contributed by atoms with Gasteiger partial charge in [0, 0.05) is 22.4 Å². The number of imide groups is 1. The van der Waals surface area contributed by atoms with Crippen LogP contribution < -0.4 is 4.74 Å². The van der Waals surface area contributed by atoms with Gasteiger partial charge >= 0.3 is 6.09 Å². The van der Waals surface area contributed by atoms with Gasteiger partial charge < -0.3 is 14.3 Å². The molecule has 1 aliphatic rings. The zero-order valence-electron chi connectivity index (χ0n) is 19.4. The number of carbonyl (C=O) groups excluding carboxylic acids is 3. The van der Waals surface area contributed by atoms with Gasteiger partial charge in [-0.2, -0.15) is 0 Å². The van der Waals surface area contributed by atoms with Crippen molar-refractivity contribution in [1.82, 2.24) is 4.90 Å². The van der Waals surface area contributed by atoms with E-state index < -0.39 is 24.0 Å². The van der Waals surface area contributed by atoms with E-state index in [1.165, 1.54) is 0 Å². The minimum absolute atomic E-state index is 0.0837. The van der Waals surface area contributed by atoms with Crippen molar-refractivity contribution in [3.63, 3.8) is 0 Å². The Balaban J connectivity index is 1.49. The maximum Gasteiger partial charge on any atom is 0.416 e. The van der Waals surface area contributed by atoms with Gasteiger partial charge in [-0.3, -0.25) is 4.79 Å². The SMILES string of the molecule is O=CCC(Cc1c(Cl)cc(OCc2ccccc2)cc1Cl)C(=O)N1C(=O)OCC1Cc1ccccc1. The first-order chi connectivity index (χ1) is 17.5. The van der Waals surface area contributed by atoms with Crippen molar-refractivity contribution in [2.45, 2.75) is 31.9 Å². The third-order valence-electron chi connectivity index (χ3n) is 6.06. The summed E-state index contributed by atoms with van der Waals surface area (Å²) in [4.78, 5) is 38.5. The molecule has 2 atom stereocenters. The minimum Gasteiger partial charge on any atom is -0.489 e. The van der Waals surface area contributed by atoms with Gasteiger partial charge in [-0.1, -0.05) is 83.9 Å². The topological polar surface area (TPSA) is 72.9 Å². The molecule has 0 aliphatic carbocycles. The molecule has 0 aromatic heterocycles. The largest absolute Gasteiger partial charge is 0.489 e. The Hall–Kier alpha value is -3.35. The van der Waals surface area contributed by atoms with Gasteiger partial charge in [0.25, 0.3) is 0 Å². The zero-order valence-corrected chi connectivity index (χ0v) is 21.0. The van der Waals surface area contributed by atoms with E-state index in [2.05, 4.69) is 0 Å². The highest BCUT2D eigenvalue weighted by molar-refractivity contribution is 6.36. The van der Waals surface area contributed by atoms with Crippen molar-refractivity contribution >= 4 is 41.5 Å². The van der Waals surface area contributed by atoms with Crippen LogP contribution in [-0.2, 0) is 33.8 Å². The van der Waals surface area contributed by atoms with Crippen LogP contribution >= 0.6 is 23.2 Å². The summed E-state index contributed by atoms with van der Waals surface area (Å²) in [6, 6.07) is 22.0. The quantitative estimate of drug-likeness (QED) is 0.307. The van der Waals surface area contributed by atoms with Crippen molar-refractivity contribution in [2.24, 2.45) is 5.92 Å². The molecule has 3 aromatic rings. The number of halogens is 2. The molecule has 3 aromatic carbocycles. The second-order valence-corrected chi connectivity index (χ2v) is 9.39. The Bertz CT molecular complexity index is 1200. The Morgan fingerprint density at radius 2 is 1.64 bits per heavy atom. The number of carbonyl (C=O) groups is 3. The van der Waals surface area contributed by atoms with E-state index in [-0.39, 0.29) is 19.4 Å². The number of ether oxygens (including phenoxy) is 2. The van der Waals surface area contributed by atoms with Crippen LogP contribution in [-0.4, -0.2) is 35.8 Å². The van der Waals surface area contributed by atoms with Crippen LogP contribution in [0, 0.1) is 5.92 Å². The van der Waals surface area contributed by atoms with Crippen molar-refractivity contribution < 1.29 is 23.9 Å². The molecule has 0 spiro atoms. The van der Waals surface area contributed by atoms with Crippen LogP contribution in [0.1, 0.15) is 23.1 Å². The molecule has 0 saturated carbocycles. The molecule has 0 bridgehead atoms. The molecule has 2 unspecified atom stereocenters. The summed E-state index contributed by atoms with van der Waals surface area (Å²) < 4.78 is 11.0. The minimum atomic E-state index is -0.822. The average molecular weight is 526 g/mol. The number of hydrogen-bond donors (Lipinski definition) is 0. The number of cyclic esters (lactones) is 1. The molecule has 1 fully saturated rings. The lowest BCUT2D eigenvalue weighted by atomic mass is 9.94. The first kappa shape index (κ1) is 25.7. The Labute approximate surface area is 219 Å². The van der Waals surface area contributed by atoms with Gasteiger partial charge in [-0.05, 0) is 41.7 Å².